The molecule has 1 aromatic rings. The first-order valence-corrected chi connectivity index (χ1v) is 14.1. The van der Waals surface area contributed by atoms with E-state index in [1.165, 1.54) is 0 Å². The second-order valence-electron chi connectivity index (χ2n) is 13.2. The van der Waals surface area contributed by atoms with Crippen molar-refractivity contribution in [2.75, 3.05) is 6.61 Å². The van der Waals surface area contributed by atoms with Gasteiger partial charge in [0.05, 0.1) is 17.8 Å². The van der Waals surface area contributed by atoms with Crippen LogP contribution >= 0.6 is 0 Å². The van der Waals surface area contributed by atoms with Gasteiger partial charge >= 0.3 is 0 Å². The molecule has 1 spiro atoms. The Balaban J connectivity index is 1.66. The molecule has 4 bridgehead atoms. The van der Waals surface area contributed by atoms with Gasteiger partial charge in [-0.05, 0) is 73.5 Å². The molecule has 7 nitrogen and oxygen atoms in total. The molecule has 2 fully saturated rings. The van der Waals surface area contributed by atoms with Gasteiger partial charge in [0.2, 0.25) is 0 Å². The highest BCUT2D eigenvalue weighted by molar-refractivity contribution is 6.19. The molecule has 6 aliphatic rings. The Morgan fingerprint density at radius 3 is 2.48 bits per heavy atom. The number of rotatable bonds is 5. The van der Waals surface area contributed by atoms with E-state index in [0.717, 1.165) is 5.57 Å². The zero-order valence-corrected chi connectivity index (χ0v) is 24.3. The lowest BCUT2D eigenvalue weighted by molar-refractivity contribution is -0.171. The SMILES string of the molecule is CC(C)=CCc1c2c(c(O)c3c1O[C@]14C(=C[C@@H]5CC1C(C)(C)OC4(CC=C(C)CO)C5=O)C3=O)C=CC(C)(C)O2. The van der Waals surface area contributed by atoms with Crippen LogP contribution < -0.4 is 9.47 Å². The van der Waals surface area contributed by atoms with Crippen LogP contribution in [0.2, 0.25) is 0 Å². The van der Waals surface area contributed by atoms with Crippen molar-refractivity contribution in [3.63, 3.8) is 0 Å². The average Bonchev–Trinajstić information content (AvgIpc) is 3.03. The van der Waals surface area contributed by atoms with Crippen LogP contribution in [0, 0.1) is 11.8 Å². The highest BCUT2D eigenvalue weighted by Crippen LogP contribution is 2.68. The normalized spacial score (nSPS) is 32.0. The smallest absolute Gasteiger partial charge is 0.200 e. The summed E-state index contributed by atoms with van der Waals surface area (Å²) in [6.45, 7) is 13.4. The van der Waals surface area contributed by atoms with Crippen molar-refractivity contribution in [1.29, 1.82) is 0 Å². The third kappa shape index (κ3) is 3.37. The Kier molecular flexibility index (Phi) is 5.70. The third-order valence-electron chi connectivity index (χ3n) is 9.32. The Hall–Kier alpha value is -3.16. The fourth-order valence-corrected chi connectivity index (χ4v) is 7.44. The largest absolute Gasteiger partial charge is 0.506 e. The van der Waals surface area contributed by atoms with Crippen molar-refractivity contribution < 1.29 is 34.0 Å². The minimum atomic E-state index is -1.45. The lowest BCUT2D eigenvalue weighted by Gasteiger charge is -2.56. The molecule has 0 aromatic heterocycles. The van der Waals surface area contributed by atoms with Gasteiger partial charge in [-0.25, -0.2) is 0 Å². The zero-order chi connectivity index (χ0) is 29.0. The standard InChI is InChI=1S/C33H38O7/c1-17(2)8-9-21-27-20(11-12-30(4,5)38-27)25(35)24-26(36)22-14-19-15-23-31(6,7)40-32(29(19)37,13-10-18(3)16-34)33(22,23)39-28(21)24/h8,10-12,14,19,23,34-35H,9,13,15-16H2,1-7H3/t19-,23?,32?,33-/m1/s1. The molecule has 0 amide bonds. The van der Waals surface area contributed by atoms with E-state index < -0.39 is 28.3 Å². The summed E-state index contributed by atoms with van der Waals surface area (Å²) in [6.07, 6.45) is 10.4. The molecule has 2 unspecified atom stereocenters. The molecule has 40 heavy (non-hydrogen) atoms. The molecule has 4 atom stereocenters. The van der Waals surface area contributed by atoms with Crippen molar-refractivity contribution >= 4 is 17.6 Å². The molecule has 0 radical (unpaired) electrons. The summed E-state index contributed by atoms with van der Waals surface area (Å²) >= 11 is 0. The Labute approximate surface area is 235 Å². The third-order valence-corrected chi connectivity index (χ3v) is 9.32. The van der Waals surface area contributed by atoms with E-state index in [4.69, 9.17) is 14.2 Å². The van der Waals surface area contributed by atoms with Gasteiger partial charge in [0.1, 0.15) is 28.4 Å². The summed E-state index contributed by atoms with van der Waals surface area (Å²) in [6, 6.07) is 0. The first kappa shape index (κ1) is 27.0. The summed E-state index contributed by atoms with van der Waals surface area (Å²) < 4.78 is 20.2. The summed E-state index contributed by atoms with van der Waals surface area (Å²) in [7, 11) is 0. The van der Waals surface area contributed by atoms with E-state index in [2.05, 4.69) is 0 Å². The average molecular weight is 547 g/mol. The first-order valence-electron chi connectivity index (χ1n) is 14.1. The highest BCUT2D eigenvalue weighted by Gasteiger charge is 2.81. The number of Topliss-reactive ketones (excluding diaryl/α,β-unsaturated/α-hetero) is 2. The van der Waals surface area contributed by atoms with Crippen LogP contribution in [0.5, 0.6) is 17.2 Å². The maximum absolute atomic E-state index is 14.5. The molecular formula is C33H38O7. The number of hydrogen-bond donors (Lipinski definition) is 2. The number of carbonyl (C=O) groups is 2. The second kappa shape index (κ2) is 8.43. The lowest BCUT2D eigenvalue weighted by Crippen LogP contribution is -2.72. The number of allylic oxidation sites excluding steroid dienone is 3. The molecule has 3 heterocycles. The van der Waals surface area contributed by atoms with Crippen molar-refractivity contribution in [1.82, 2.24) is 0 Å². The fourth-order valence-electron chi connectivity index (χ4n) is 7.44. The number of carbonyl (C=O) groups excluding carboxylic acids is 2. The lowest BCUT2D eigenvalue weighted by atomic mass is 9.51. The molecule has 7 heteroatoms. The van der Waals surface area contributed by atoms with E-state index in [0.29, 0.717) is 40.9 Å². The van der Waals surface area contributed by atoms with Gasteiger partial charge in [0.25, 0.3) is 0 Å². The van der Waals surface area contributed by atoms with Crippen LogP contribution in [-0.4, -0.2) is 50.8 Å². The Bertz CT molecular complexity index is 1480. The van der Waals surface area contributed by atoms with Crippen molar-refractivity contribution in [2.45, 2.75) is 90.1 Å². The second-order valence-corrected chi connectivity index (χ2v) is 13.2. The number of aliphatic hydroxyl groups excluding tert-OH is 1. The van der Waals surface area contributed by atoms with Crippen LogP contribution in [0.3, 0.4) is 0 Å². The maximum Gasteiger partial charge on any atom is 0.200 e. The van der Waals surface area contributed by atoms with Crippen molar-refractivity contribution in [3.05, 3.63) is 57.7 Å². The van der Waals surface area contributed by atoms with Crippen molar-refractivity contribution in [2.24, 2.45) is 11.8 Å². The van der Waals surface area contributed by atoms with Gasteiger partial charge < -0.3 is 24.4 Å². The van der Waals surface area contributed by atoms with Gasteiger partial charge in [-0.1, -0.05) is 29.4 Å². The summed E-state index contributed by atoms with van der Waals surface area (Å²) in [5, 5.41) is 21.3. The molecule has 3 aliphatic carbocycles. The predicted octanol–water partition coefficient (Wildman–Crippen LogP) is 5.42. The van der Waals surface area contributed by atoms with Crippen molar-refractivity contribution in [3.8, 4) is 17.2 Å². The number of aromatic hydroxyl groups is 1. The molecule has 7 rings (SSSR count). The maximum atomic E-state index is 14.5. The summed E-state index contributed by atoms with van der Waals surface area (Å²) in [5.41, 5.74) is -0.823. The van der Waals surface area contributed by atoms with Crippen LogP contribution in [-0.2, 0) is 16.0 Å². The van der Waals surface area contributed by atoms with Crippen LogP contribution in [0.1, 0.15) is 82.8 Å². The number of benzene rings is 1. The van der Waals surface area contributed by atoms with E-state index in [1.54, 1.807) is 13.0 Å². The topological polar surface area (TPSA) is 102 Å². The summed E-state index contributed by atoms with van der Waals surface area (Å²) in [4.78, 5) is 28.7. The summed E-state index contributed by atoms with van der Waals surface area (Å²) in [5.74, 6) is -0.661. The number of ketones is 2. The number of aliphatic hydroxyl groups is 1. The Morgan fingerprint density at radius 2 is 1.80 bits per heavy atom. The monoisotopic (exact) mass is 546 g/mol. The van der Waals surface area contributed by atoms with Gasteiger partial charge in [-0.15, -0.1) is 0 Å². The quantitative estimate of drug-likeness (QED) is 0.476. The number of hydrogen-bond acceptors (Lipinski definition) is 7. The van der Waals surface area contributed by atoms with Crippen LogP contribution in [0.25, 0.3) is 6.08 Å². The Morgan fingerprint density at radius 1 is 1.07 bits per heavy atom. The van der Waals surface area contributed by atoms with E-state index in [-0.39, 0.29) is 47.6 Å². The molecule has 2 N–H and O–H groups in total. The first-order chi connectivity index (χ1) is 18.7. The minimum absolute atomic E-state index is 0.107. The zero-order valence-electron chi connectivity index (χ0n) is 24.3. The van der Waals surface area contributed by atoms with Gasteiger partial charge in [-0.2, -0.15) is 0 Å². The number of ether oxygens (including phenoxy) is 3. The highest BCUT2D eigenvalue weighted by atomic mass is 16.6. The number of phenols is 1. The van der Waals surface area contributed by atoms with Crippen LogP contribution in [0.15, 0.2) is 41.0 Å². The molecular weight excluding hydrogens is 508 g/mol. The van der Waals surface area contributed by atoms with E-state index in [9.17, 15) is 19.8 Å². The van der Waals surface area contributed by atoms with E-state index in [1.807, 2.05) is 65.8 Å². The van der Waals surface area contributed by atoms with Gasteiger partial charge in [0.15, 0.2) is 22.8 Å². The molecule has 212 valence electrons. The van der Waals surface area contributed by atoms with Crippen LogP contribution in [0.4, 0.5) is 0 Å². The molecule has 1 saturated heterocycles. The number of phenolic OH excluding ortho intramolecular Hbond substituents is 1. The minimum Gasteiger partial charge on any atom is -0.506 e. The fraction of sp³-hybridized carbons (Fsp3) is 0.515. The molecule has 3 aliphatic heterocycles. The van der Waals surface area contributed by atoms with E-state index >= 15 is 0 Å². The number of fused-ring (bicyclic) bond motifs is 2. The molecule has 1 saturated carbocycles. The molecule has 1 aromatic carbocycles. The van der Waals surface area contributed by atoms with Gasteiger partial charge in [-0.3, -0.25) is 9.59 Å². The predicted molar refractivity (Wildman–Crippen MR) is 151 cm³/mol. The van der Waals surface area contributed by atoms with Gasteiger partial charge in [0, 0.05) is 29.4 Å².